The zero-order valence-corrected chi connectivity index (χ0v) is 15.2. The van der Waals surface area contributed by atoms with Crippen molar-refractivity contribution in [1.29, 1.82) is 0 Å². The van der Waals surface area contributed by atoms with Crippen LogP contribution in [0.1, 0.15) is 16.9 Å². The molecule has 1 amide bonds. The van der Waals surface area contributed by atoms with E-state index in [1.54, 1.807) is 23.1 Å². The number of rotatable bonds is 3. The van der Waals surface area contributed by atoms with E-state index < -0.39 is 10.0 Å². The summed E-state index contributed by atoms with van der Waals surface area (Å²) in [6.45, 7) is 1.49. The lowest BCUT2D eigenvalue weighted by Crippen LogP contribution is -2.37. The van der Waals surface area contributed by atoms with E-state index in [0.717, 1.165) is 0 Å². The van der Waals surface area contributed by atoms with E-state index in [0.29, 0.717) is 36.8 Å². The monoisotopic (exact) mass is 383 g/mol. The summed E-state index contributed by atoms with van der Waals surface area (Å²) in [6.07, 6.45) is 3.29. The predicted molar refractivity (Wildman–Crippen MR) is 93.3 cm³/mol. The van der Waals surface area contributed by atoms with Crippen LogP contribution < -0.4 is 0 Å². The van der Waals surface area contributed by atoms with Gasteiger partial charge in [-0.2, -0.15) is 0 Å². The summed E-state index contributed by atoms with van der Waals surface area (Å²) >= 11 is 6.13. The number of benzene rings is 1. The van der Waals surface area contributed by atoms with Crippen LogP contribution in [0.5, 0.6) is 0 Å². The van der Waals surface area contributed by atoms with Gasteiger partial charge in [-0.25, -0.2) is 17.4 Å². The van der Waals surface area contributed by atoms with Crippen LogP contribution in [0.2, 0.25) is 5.02 Å². The minimum absolute atomic E-state index is 0.202. The highest BCUT2D eigenvalue weighted by molar-refractivity contribution is 7.88. The first-order valence-corrected chi connectivity index (χ1v) is 10.0. The molecule has 0 saturated carbocycles. The third kappa shape index (κ3) is 4.00. The number of hydrogen-bond acceptors (Lipinski definition) is 5. The number of carbonyl (C=O) groups excluding carboxylic acids is 1. The molecule has 0 radical (unpaired) electrons. The molecular weight excluding hydrogens is 366 g/mol. The van der Waals surface area contributed by atoms with Crippen molar-refractivity contribution in [3.05, 3.63) is 41.2 Å². The van der Waals surface area contributed by atoms with Crippen molar-refractivity contribution < 1.29 is 13.2 Å². The van der Waals surface area contributed by atoms with Crippen LogP contribution in [-0.2, 0) is 10.0 Å². The molecule has 1 aromatic heterocycles. The van der Waals surface area contributed by atoms with Gasteiger partial charge in [0.2, 0.25) is 10.0 Å². The Morgan fingerprint density at radius 3 is 2.64 bits per heavy atom. The normalized spacial score (nSPS) is 16.6. The molecule has 10 heteroatoms. The molecule has 1 aromatic carbocycles. The average Bonchev–Trinajstić information content (AvgIpc) is 2.90. The number of amides is 1. The number of carbonyl (C=O) groups is 1. The van der Waals surface area contributed by atoms with Gasteiger partial charge >= 0.3 is 0 Å². The van der Waals surface area contributed by atoms with Crippen LogP contribution in [0.15, 0.2) is 30.5 Å². The summed E-state index contributed by atoms with van der Waals surface area (Å²) in [4.78, 5) is 14.3. The van der Waals surface area contributed by atoms with Crippen LogP contribution in [0.25, 0.3) is 5.69 Å². The van der Waals surface area contributed by atoms with Crippen molar-refractivity contribution in [2.75, 3.05) is 32.4 Å². The molecule has 25 heavy (non-hydrogen) atoms. The molecule has 8 nitrogen and oxygen atoms in total. The SMILES string of the molecule is CS(=O)(=O)N1CCCN(C(=O)c2cn(-c3ccccc3Cl)nn2)CC1. The summed E-state index contributed by atoms with van der Waals surface area (Å²) in [6, 6.07) is 7.13. The van der Waals surface area contributed by atoms with Crippen molar-refractivity contribution in [3.8, 4) is 5.69 Å². The summed E-state index contributed by atoms with van der Waals surface area (Å²) in [5.74, 6) is -0.270. The quantitative estimate of drug-likeness (QED) is 0.789. The van der Waals surface area contributed by atoms with Crippen LogP contribution >= 0.6 is 11.6 Å². The first-order chi connectivity index (χ1) is 11.9. The second-order valence-corrected chi connectivity index (χ2v) is 8.20. The summed E-state index contributed by atoms with van der Waals surface area (Å²) < 4.78 is 26.2. The number of para-hydroxylation sites is 1. The Morgan fingerprint density at radius 2 is 1.92 bits per heavy atom. The van der Waals surface area contributed by atoms with E-state index in [1.165, 1.54) is 21.4 Å². The van der Waals surface area contributed by atoms with Crippen molar-refractivity contribution in [1.82, 2.24) is 24.2 Å². The lowest BCUT2D eigenvalue weighted by atomic mass is 10.3. The fourth-order valence-corrected chi connectivity index (χ4v) is 3.80. The van der Waals surface area contributed by atoms with Gasteiger partial charge in [0.1, 0.15) is 0 Å². The van der Waals surface area contributed by atoms with Crippen LogP contribution in [-0.4, -0.2) is 71.0 Å². The molecule has 0 bridgehead atoms. The van der Waals surface area contributed by atoms with E-state index in [-0.39, 0.29) is 18.1 Å². The number of halogens is 1. The molecule has 0 unspecified atom stereocenters. The highest BCUT2D eigenvalue weighted by Gasteiger charge is 2.26. The molecule has 1 aliphatic heterocycles. The second kappa shape index (κ2) is 7.11. The minimum Gasteiger partial charge on any atom is -0.336 e. The molecule has 1 saturated heterocycles. The number of aromatic nitrogens is 3. The molecule has 2 aromatic rings. The van der Waals surface area contributed by atoms with E-state index in [9.17, 15) is 13.2 Å². The van der Waals surface area contributed by atoms with Crippen molar-refractivity contribution >= 4 is 27.5 Å². The van der Waals surface area contributed by atoms with Crippen molar-refractivity contribution in [2.45, 2.75) is 6.42 Å². The smallest absolute Gasteiger partial charge is 0.276 e. The molecule has 0 N–H and O–H groups in total. The van der Waals surface area contributed by atoms with Crippen LogP contribution in [0.3, 0.4) is 0 Å². The zero-order valence-electron chi connectivity index (χ0n) is 13.7. The van der Waals surface area contributed by atoms with Crippen LogP contribution in [0.4, 0.5) is 0 Å². The van der Waals surface area contributed by atoms with E-state index in [2.05, 4.69) is 10.3 Å². The first kappa shape index (κ1) is 17.8. The standard InChI is InChI=1S/C15H18ClN5O3S/c1-25(23,24)20-8-4-7-19(9-10-20)15(22)13-11-21(18-17-13)14-6-3-2-5-12(14)16/h2-3,5-6,11H,4,7-10H2,1H3. The van der Waals surface area contributed by atoms with Crippen molar-refractivity contribution in [3.63, 3.8) is 0 Å². The van der Waals surface area contributed by atoms with Gasteiger partial charge in [-0.05, 0) is 18.6 Å². The van der Waals surface area contributed by atoms with Crippen LogP contribution in [0, 0.1) is 0 Å². The summed E-state index contributed by atoms with van der Waals surface area (Å²) in [7, 11) is -3.25. The van der Waals surface area contributed by atoms with Gasteiger partial charge in [0, 0.05) is 26.2 Å². The summed E-state index contributed by atoms with van der Waals surface area (Å²) in [5, 5.41) is 8.41. The largest absolute Gasteiger partial charge is 0.336 e. The molecule has 0 aliphatic carbocycles. The maximum absolute atomic E-state index is 12.6. The minimum atomic E-state index is -3.25. The molecule has 3 rings (SSSR count). The van der Waals surface area contributed by atoms with E-state index >= 15 is 0 Å². The number of sulfonamides is 1. The Hall–Kier alpha value is -1.97. The van der Waals surface area contributed by atoms with E-state index in [4.69, 9.17) is 11.6 Å². The number of nitrogens with zero attached hydrogens (tertiary/aromatic N) is 5. The third-order valence-electron chi connectivity index (χ3n) is 4.02. The Morgan fingerprint density at radius 1 is 1.16 bits per heavy atom. The van der Waals surface area contributed by atoms with Gasteiger partial charge in [-0.3, -0.25) is 4.79 Å². The Balaban J connectivity index is 1.75. The van der Waals surface area contributed by atoms with E-state index in [1.807, 2.05) is 6.07 Å². The molecule has 0 spiro atoms. The molecule has 2 heterocycles. The Bertz CT molecular complexity index is 883. The fraction of sp³-hybridized carbons (Fsp3) is 0.400. The molecule has 0 atom stereocenters. The number of hydrogen-bond donors (Lipinski definition) is 0. The molecular formula is C15H18ClN5O3S. The molecule has 1 fully saturated rings. The van der Waals surface area contributed by atoms with Gasteiger partial charge in [0.05, 0.1) is 23.2 Å². The first-order valence-electron chi connectivity index (χ1n) is 7.78. The zero-order chi connectivity index (χ0) is 18.0. The Labute approximate surface area is 151 Å². The molecule has 134 valence electrons. The predicted octanol–water partition coefficient (Wildman–Crippen LogP) is 1.03. The van der Waals surface area contributed by atoms with Gasteiger partial charge < -0.3 is 4.90 Å². The topological polar surface area (TPSA) is 88.4 Å². The highest BCUT2D eigenvalue weighted by atomic mass is 35.5. The Kier molecular flexibility index (Phi) is 5.07. The fourth-order valence-electron chi connectivity index (χ4n) is 2.71. The summed E-state index contributed by atoms with van der Waals surface area (Å²) in [5.41, 5.74) is 0.836. The van der Waals surface area contributed by atoms with Gasteiger partial charge in [0.25, 0.3) is 5.91 Å². The third-order valence-corrected chi connectivity index (χ3v) is 5.65. The molecule has 1 aliphatic rings. The lowest BCUT2D eigenvalue weighted by Gasteiger charge is -2.19. The van der Waals surface area contributed by atoms with Gasteiger partial charge in [-0.1, -0.05) is 28.9 Å². The van der Waals surface area contributed by atoms with Crippen molar-refractivity contribution in [2.24, 2.45) is 0 Å². The lowest BCUT2D eigenvalue weighted by molar-refractivity contribution is 0.0758. The average molecular weight is 384 g/mol. The maximum atomic E-state index is 12.6. The maximum Gasteiger partial charge on any atom is 0.276 e. The highest BCUT2D eigenvalue weighted by Crippen LogP contribution is 2.19. The van der Waals surface area contributed by atoms with Gasteiger partial charge in [-0.15, -0.1) is 5.10 Å². The second-order valence-electron chi connectivity index (χ2n) is 5.81. The van der Waals surface area contributed by atoms with Gasteiger partial charge in [0.15, 0.2) is 5.69 Å².